The van der Waals surface area contributed by atoms with Gasteiger partial charge in [0.1, 0.15) is 12.9 Å². The molecule has 0 bridgehead atoms. The summed E-state index contributed by atoms with van der Waals surface area (Å²) in [5.41, 5.74) is 0.849. The summed E-state index contributed by atoms with van der Waals surface area (Å²) in [4.78, 5) is 32.9. The average molecular weight is 249 g/mol. The van der Waals surface area contributed by atoms with Crippen LogP contribution >= 0.6 is 0 Å². The average Bonchev–Trinajstić information content (AvgIpc) is 2.37. The molecule has 0 aliphatic rings. The monoisotopic (exact) mass is 249 g/mol. The lowest BCUT2D eigenvalue weighted by molar-refractivity contribution is -0.121. The number of nitrogens with one attached hydrogen (secondary N) is 1. The number of carbonyl (C=O) groups is 3. The Labute approximate surface area is 105 Å². The highest BCUT2D eigenvalue weighted by Gasteiger charge is 2.16. The van der Waals surface area contributed by atoms with Gasteiger partial charge in [-0.3, -0.25) is 4.79 Å². The number of carbonyl (C=O) groups excluding carboxylic acids is 3. The molecule has 0 spiro atoms. The van der Waals surface area contributed by atoms with Gasteiger partial charge in [0.25, 0.3) is 0 Å². The Hall–Kier alpha value is -2.17. The summed E-state index contributed by atoms with van der Waals surface area (Å²) in [6.45, 7) is 1.43. The van der Waals surface area contributed by atoms with E-state index in [4.69, 9.17) is 4.74 Å². The van der Waals surface area contributed by atoms with Crippen molar-refractivity contribution in [2.45, 2.75) is 26.0 Å². The van der Waals surface area contributed by atoms with Crippen molar-refractivity contribution in [2.24, 2.45) is 0 Å². The lowest BCUT2D eigenvalue weighted by Crippen LogP contribution is -2.40. The molecular weight excluding hydrogens is 234 g/mol. The fraction of sp³-hybridized carbons (Fsp3) is 0.308. The molecule has 5 heteroatoms. The summed E-state index contributed by atoms with van der Waals surface area (Å²) >= 11 is 0. The molecule has 0 unspecified atom stereocenters. The Kier molecular flexibility index (Phi) is 5.57. The molecule has 96 valence electrons. The number of amides is 1. The maximum absolute atomic E-state index is 11.4. The van der Waals surface area contributed by atoms with E-state index >= 15 is 0 Å². The fourth-order valence-electron chi connectivity index (χ4n) is 1.33. The van der Waals surface area contributed by atoms with Crippen LogP contribution in [0.25, 0.3) is 0 Å². The quantitative estimate of drug-likeness (QED) is 0.775. The molecular formula is C13H15NO4. The number of benzene rings is 1. The molecule has 0 aliphatic carbocycles. The lowest BCUT2D eigenvalue weighted by Gasteiger charge is -2.13. The van der Waals surface area contributed by atoms with E-state index < -0.39 is 12.1 Å². The van der Waals surface area contributed by atoms with Crippen molar-refractivity contribution in [3.05, 3.63) is 35.9 Å². The number of hydrogen-bond acceptors (Lipinski definition) is 4. The highest BCUT2D eigenvalue weighted by atomic mass is 16.5. The molecule has 0 aliphatic heterocycles. The van der Waals surface area contributed by atoms with Gasteiger partial charge in [-0.05, 0) is 12.5 Å². The van der Waals surface area contributed by atoms with Gasteiger partial charge in [-0.1, -0.05) is 30.3 Å². The zero-order valence-corrected chi connectivity index (χ0v) is 10.1. The van der Waals surface area contributed by atoms with E-state index in [0.717, 1.165) is 5.56 Å². The van der Waals surface area contributed by atoms with Crippen LogP contribution in [0.2, 0.25) is 0 Å². The van der Waals surface area contributed by atoms with Gasteiger partial charge in [-0.25, -0.2) is 4.79 Å². The molecule has 1 rings (SSSR count). The normalized spacial score (nSPS) is 11.4. The SMILES string of the molecule is CC(=O)[C@H](CC=O)NC(=O)OCc1ccccc1. The zero-order chi connectivity index (χ0) is 13.4. The predicted octanol–water partition coefficient (Wildman–Crippen LogP) is 1.46. The van der Waals surface area contributed by atoms with Gasteiger partial charge >= 0.3 is 6.09 Å². The second-order valence-corrected chi connectivity index (χ2v) is 3.77. The predicted molar refractivity (Wildman–Crippen MR) is 64.9 cm³/mol. The molecule has 18 heavy (non-hydrogen) atoms. The van der Waals surface area contributed by atoms with Gasteiger partial charge in [-0.15, -0.1) is 0 Å². The van der Waals surface area contributed by atoms with Crippen LogP contribution < -0.4 is 5.32 Å². The van der Waals surface area contributed by atoms with Crippen LogP contribution in [0.3, 0.4) is 0 Å². The van der Waals surface area contributed by atoms with E-state index in [-0.39, 0.29) is 18.8 Å². The lowest BCUT2D eigenvalue weighted by atomic mass is 10.1. The first-order valence-corrected chi connectivity index (χ1v) is 5.54. The van der Waals surface area contributed by atoms with Gasteiger partial charge in [-0.2, -0.15) is 0 Å². The Bertz CT molecular complexity index is 416. The van der Waals surface area contributed by atoms with Crippen molar-refractivity contribution in [3.8, 4) is 0 Å². The van der Waals surface area contributed by atoms with E-state index in [9.17, 15) is 14.4 Å². The van der Waals surface area contributed by atoms with E-state index in [2.05, 4.69) is 5.32 Å². The number of ketones is 1. The summed E-state index contributed by atoms with van der Waals surface area (Å²) in [5, 5.41) is 2.35. The molecule has 1 aromatic rings. The standard InChI is InChI=1S/C13H15NO4/c1-10(16)12(7-8-15)14-13(17)18-9-11-5-3-2-4-6-11/h2-6,8,12H,7,9H2,1H3,(H,14,17)/t12-/m0/s1. The fourth-order valence-corrected chi connectivity index (χ4v) is 1.33. The van der Waals surface area contributed by atoms with Gasteiger partial charge in [0, 0.05) is 6.42 Å². The molecule has 0 fully saturated rings. The molecule has 1 amide bonds. The van der Waals surface area contributed by atoms with E-state index in [1.54, 1.807) is 0 Å². The van der Waals surface area contributed by atoms with E-state index in [1.165, 1.54) is 6.92 Å². The first-order chi connectivity index (χ1) is 8.63. The first-order valence-electron chi connectivity index (χ1n) is 5.54. The van der Waals surface area contributed by atoms with Crippen molar-refractivity contribution in [1.82, 2.24) is 5.32 Å². The molecule has 0 saturated carbocycles. The number of alkyl carbamates (subject to hydrolysis) is 1. The first kappa shape index (κ1) is 13.9. The van der Waals surface area contributed by atoms with Crippen LogP contribution in [0.15, 0.2) is 30.3 Å². The summed E-state index contributed by atoms with van der Waals surface area (Å²) < 4.78 is 4.94. The number of rotatable bonds is 6. The maximum atomic E-state index is 11.4. The third kappa shape index (κ3) is 4.78. The molecule has 1 N–H and O–H groups in total. The Morgan fingerprint density at radius 2 is 2.00 bits per heavy atom. The van der Waals surface area contributed by atoms with Crippen molar-refractivity contribution in [3.63, 3.8) is 0 Å². The zero-order valence-electron chi connectivity index (χ0n) is 10.1. The summed E-state index contributed by atoms with van der Waals surface area (Å²) in [5.74, 6) is -0.279. The van der Waals surface area contributed by atoms with E-state index in [1.807, 2.05) is 30.3 Å². The second kappa shape index (κ2) is 7.21. The van der Waals surface area contributed by atoms with Crippen LogP contribution in [0.4, 0.5) is 4.79 Å². The smallest absolute Gasteiger partial charge is 0.408 e. The molecule has 1 aromatic carbocycles. The highest BCUT2D eigenvalue weighted by molar-refractivity contribution is 5.87. The molecule has 0 radical (unpaired) electrons. The van der Waals surface area contributed by atoms with Crippen LogP contribution in [0.5, 0.6) is 0 Å². The van der Waals surface area contributed by atoms with Crippen molar-refractivity contribution < 1.29 is 19.1 Å². The Morgan fingerprint density at radius 1 is 1.33 bits per heavy atom. The second-order valence-electron chi connectivity index (χ2n) is 3.77. The van der Waals surface area contributed by atoms with Gasteiger partial charge in [0.15, 0.2) is 5.78 Å². The minimum absolute atomic E-state index is 0.0459. The Morgan fingerprint density at radius 3 is 2.56 bits per heavy atom. The largest absolute Gasteiger partial charge is 0.445 e. The molecule has 0 saturated heterocycles. The summed E-state index contributed by atoms with van der Waals surface area (Å²) in [6, 6.07) is 8.36. The van der Waals surface area contributed by atoms with Crippen LogP contribution in [-0.2, 0) is 20.9 Å². The minimum Gasteiger partial charge on any atom is -0.445 e. The third-order valence-corrected chi connectivity index (χ3v) is 2.33. The van der Waals surface area contributed by atoms with Gasteiger partial charge in [0.05, 0.1) is 6.04 Å². The number of ether oxygens (including phenoxy) is 1. The summed E-state index contributed by atoms with van der Waals surface area (Å²) in [6.07, 6.45) is -0.167. The van der Waals surface area contributed by atoms with Gasteiger partial charge < -0.3 is 14.8 Å². The van der Waals surface area contributed by atoms with Crippen molar-refractivity contribution in [1.29, 1.82) is 0 Å². The van der Waals surface area contributed by atoms with Crippen molar-refractivity contribution in [2.75, 3.05) is 0 Å². The van der Waals surface area contributed by atoms with Crippen LogP contribution in [-0.4, -0.2) is 24.2 Å². The topological polar surface area (TPSA) is 72.5 Å². The molecule has 5 nitrogen and oxygen atoms in total. The Balaban J connectivity index is 2.41. The highest BCUT2D eigenvalue weighted by Crippen LogP contribution is 2.01. The maximum Gasteiger partial charge on any atom is 0.408 e. The van der Waals surface area contributed by atoms with Crippen LogP contribution in [0.1, 0.15) is 18.9 Å². The van der Waals surface area contributed by atoms with Crippen molar-refractivity contribution >= 4 is 18.2 Å². The summed E-state index contributed by atoms with van der Waals surface area (Å²) in [7, 11) is 0. The minimum atomic E-state index is -0.814. The van der Waals surface area contributed by atoms with Crippen LogP contribution in [0, 0.1) is 0 Å². The molecule has 1 atom stereocenters. The number of hydrogen-bond donors (Lipinski definition) is 1. The third-order valence-electron chi connectivity index (χ3n) is 2.33. The number of Topliss-reactive ketones (excluding diaryl/α,β-unsaturated/α-hetero) is 1. The van der Waals surface area contributed by atoms with Gasteiger partial charge in [0.2, 0.25) is 0 Å². The molecule has 0 heterocycles. The number of aldehydes is 1. The molecule has 0 aromatic heterocycles. The van der Waals surface area contributed by atoms with E-state index in [0.29, 0.717) is 6.29 Å².